The third-order valence-corrected chi connectivity index (χ3v) is 7.05. The van der Waals surface area contributed by atoms with E-state index in [2.05, 4.69) is 17.9 Å². The van der Waals surface area contributed by atoms with E-state index < -0.39 is 4.92 Å². The molecule has 4 rings (SSSR count). The van der Waals surface area contributed by atoms with Gasteiger partial charge in [0.05, 0.1) is 38.9 Å². The molecule has 0 atom stereocenters. The molecule has 1 aromatic heterocycles. The van der Waals surface area contributed by atoms with Gasteiger partial charge in [0.15, 0.2) is 5.13 Å². The monoisotopic (exact) mass is 488 g/mol. The summed E-state index contributed by atoms with van der Waals surface area (Å²) in [6.45, 7) is 6.50. The largest absolute Gasteiger partial charge is 0.379 e. The number of fused-ring (bicyclic) bond motifs is 1. The summed E-state index contributed by atoms with van der Waals surface area (Å²) in [5.41, 5.74) is 1.95. The number of rotatable bonds is 8. The predicted molar refractivity (Wildman–Crippen MR) is 131 cm³/mol. The van der Waals surface area contributed by atoms with Crippen LogP contribution in [-0.2, 0) is 11.2 Å². The minimum Gasteiger partial charge on any atom is -0.379 e. The highest BCUT2D eigenvalue weighted by molar-refractivity contribution is 7.22. The number of thiazole rings is 1. The highest BCUT2D eigenvalue weighted by atomic mass is 35.5. The Kier molecular flexibility index (Phi) is 7.54. The number of aromatic nitrogens is 1. The van der Waals surface area contributed by atoms with E-state index in [9.17, 15) is 14.9 Å². The number of carbonyl (C=O) groups excluding carboxylic acids is 1. The van der Waals surface area contributed by atoms with Crippen LogP contribution in [0.5, 0.6) is 0 Å². The molecule has 174 valence electrons. The average molecular weight is 489 g/mol. The van der Waals surface area contributed by atoms with Crippen LogP contribution >= 0.6 is 22.9 Å². The summed E-state index contributed by atoms with van der Waals surface area (Å²) >= 11 is 7.74. The Morgan fingerprint density at radius 2 is 2.06 bits per heavy atom. The van der Waals surface area contributed by atoms with Gasteiger partial charge in [-0.1, -0.05) is 35.9 Å². The fraction of sp³-hybridized carbons (Fsp3) is 0.391. The molecule has 33 heavy (non-hydrogen) atoms. The lowest BCUT2D eigenvalue weighted by molar-refractivity contribution is -0.384. The molecule has 0 N–H and O–H groups in total. The molecule has 3 aromatic rings. The van der Waals surface area contributed by atoms with Gasteiger partial charge in [0, 0.05) is 38.3 Å². The van der Waals surface area contributed by atoms with Crippen LogP contribution < -0.4 is 4.90 Å². The standard InChI is InChI=1S/C23H25ClN4O4S/c1-2-16-4-7-20-21(14-16)33-23(25-20)27(9-3-8-26-10-12-32-13-11-26)22(29)18-15-17(28(30)31)5-6-19(18)24/h4-7,14-15H,2-3,8-13H2,1H3. The summed E-state index contributed by atoms with van der Waals surface area (Å²) < 4.78 is 6.40. The van der Waals surface area contributed by atoms with Crippen LogP contribution in [-0.4, -0.2) is 60.1 Å². The second-order valence-corrected chi connectivity index (χ2v) is 9.25. The molecule has 1 amide bonds. The molecule has 0 saturated carbocycles. The maximum absolute atomic E-state index is 13.6. The topological polar surface area (TPSA) is 88.8 Å². The van der Waals surface area contributed by atoms with Gasteiger partial charge in [0.2, 0.25) is 0 Å². The van der Waals surface area contributed by atoms with Gasteiger partial charge in [-0.25, -0.2) is 4.98 Å². The van der Waals surface area contributed by atoms with Gasteiger partial charge in [-0.05, 0) is 36.6 Å². The zero-order valence-electron chi connectivity index (χ0n) is 18.3. The minimum absolute atomic E-state index is 0.103. The summed E-state index contributed by atoms with van der Waals surface area (Å²) in [6, 6.07) is 10.0. The maximum Gasteiger partial charge on any atom is 0.270 e. The molecular weight excluding hydrogens is 464 g/mol. The van der Waals surface area contributed by atoms with Crippen molar-refractivity contribution in [3.05, 3.63) is 62.7 Å². The van der Waals surface area contributed by atoms with Crippen molar-refractivity contribution in [2.45, 2.75) is 19.8 Å². The first kappa shape index (κ1) is 23.6. The number of morpholine rings is 1. The number of nitro benzene ring substituents is 1. The summed E-state index contributed by atoms with van der Waals surface area (Å²) in [6.07, 6.45) is 1.64. The first-order valence-electron chi connectivity index (χ1n) is 10.9. The SMILES string of the molecule is CCc1ccc2nc(N(CCCN3CCOCC3)C(=O)c3cc([N+](=O)[O-])ccc3Cl)sc2c1. The average Bonchev–Trinajstić information content (AvgIpc) is 3.25. The molecule has 1 aliphatic rings. The summed E-state index contributed by atoms with van der Waals surface area (Å²) in [7, 11) is 0. The Morgan fingerprint density at radius 1 is 1.27 bits per heavy atom. The van der Waals surface area contributed by atoms with E-state index in [-0.39, 0.29) is 22.2 Å². The molecule has 0 radical (unpaired) electrons. The van der Waals surface area contributed by atoms with Crippen LogP contribution in [0, 0.1) is 10.1 Å². The van der Waals surface area contributed by atoms with Gasteiger partial charge in [0.25, 0.3) is 11.6 Å². The molecule has 0 spiro atoms. The number of nitrogens with zero attached hydrogens (tertiary/aromatic N) is 4. The third kappa shape index (κ3) is 5.50. The molecule has 2 heterocycles. The fourth-order valence-electron chi connectivity index (χ4n) is 3.79. The van der Waals surface area contributed by atoms with Crippen LogP contribution in [0.25, 0.3) is 10.2 Å². The lowest BCUT2D eigenvalue weighted by atomic mass is 10.1. The predicted octanol–water partition coefficient (Wildman–Crippen LogP) is 4.79. The Balaban J connectivity index is 1.64. The molecule has 0 unspecified atom stereocenters. The Bertz CT molecular complexity index is 1160. The van der Waals surface area contributed by atoms with Crippen LogP contribution in [0.2, 0.25) is 5.02 Å². The number of carbonyl (C=O) groups is 1. The second kappa shape index (κ2) is 10.6. The van der Waals surface area contributed by atoms with E-state index in [4.69, 9.17) is 21.3 Å². The number of hydrogen-bond acceptors (Lipinski definition) is 7. The molecule has 1 aliphatic heterocycles. The van der Waals surface area contributed by atoms with Crippen LogP contribution in [0.4, 0.5) is 10.8 Å². The van der Waals surface area contributed by atoms with Crippen molar-refractivity contribution >= 4 is 49.9 Å². The van der Waals surface area contributed by atoms with E-state index in [0.29, 0.717) is 24.9 Å². The molecule has 8 nitrogen and oxygen atoms in total. The Morgan fingerprint density at radius 3 is 2.79 bits per heavy atom. The smallest absolute Gasteiger partial charge is 0.270 e. The normalized spacial score (nSPS) is 14.5. The minimum atomic E-state index is -0.528. The van der Waals surface area contributed by atoms with Crippen molar-refractivity contribution in [3.8, 4) is 0 Å². The summed E-state index contributed by atoms with van der Waals surface area (Å²) in [4.78, 5) is 32.9. The zero-order valence-corrected chi connectivity index (χ0v) is 19.9. The van der Waals surface area contributed by atoms with Crippen molar-refractivity contribution < 1.29 is 14.5 Å². The highest BCUT2D eigenvalue weighted by Crippen LogP contribution is 2.32. The number of anilines is 1. The molecule has 0 aliphatic carbocycles. The fourth-order valence-corrected chi connectivity index (χ4v) is 5.04. The van der Waals surface area contributed by atoms with Crippen LogP contribution in [0.3, 0.4) is 0 Å². The van der Waals surface area contributed by atoms with Gasteiger partial charge in [0.1, 0.15) is 0 Å². The summed E-state index contributed by atoms with van der Waals surface area (Å²) in [5.74, 6) is -0.388. The van der Waals surface area contributed by atoms with E-state index >= 15 is 0 Å². The van der Waals surface area contributed by atoms with Crippen molar-refractivity contribution in [2.75, 3.05) is 44.3 Å². The molecule has 0 bridgehead atoms. The molecular formula is C23H25ClN4O4S. The lowest BCUT2D eigenvalue weighted by Gasteiger charge is -2.27. The van der Waals surface area contributed by atoms with Crippen molar-refractivity contribution in [3.63, 3.8) is 0 Å². The van der Waals surface area contributed by atoms with E-state index in [1.54, 1.807) is 4.90 Å². The number of non-ortho nitro benzene ring substituents is 1. The lowest BCUT2D eigenvalue weighted by Crippen LogP contribution is -2.39. The third-order valence-electron chi connectivity index (χ3n) is 5.68. The number of ether oxygens (including phenoxy) is 1. The number of hydrogen-bond donors (Lipinski definition) is 0. The van der Waals surface area contributed by atoms with Crippen molar-refractivity contribution in [1.82, 2.24) is 9.88 Å². The van der Waals surface area contributed by atoms with E-state index in [1.807, 2.05) is 12.1 Å². The van der Waals surface area contributed by atoms with Gasteiger partial charge in [-0.2, -0.15) is 0 Å². The second-order valence-electron chi connectivity index (χ2n) is 7.84. The molecule has 2 aromatic carbocycles. The number of aryl methyl sites for hydroxylation is 1. The van der Waals surface area contributed by atoms with Crippen LogP contribution in [0.15, 0.2) is 36.4 Å². The van der Waals surface area contributed by atoms with Gasteiger partial charge < -0.3 is 4.74 Å². The number of halogens is 1. The van der Waals surface area contributed by atoms with Crippen molar-refractivity contribution in [2.24, 2.45) is 0 Å². The molecule has 1 fully saturated rings. The van der Waals surface area contributed by atoms with E-state index in [0.717, 1.165) is 42.7 Å². The first-order valence-corrected chi connectivity index (χ1v) is 12.1. The van der Waals surface area contributed by atoms with Gasteiger partial charge in [-0.3, -0.25) is 24.7 Å². The number of benzene rings is 2. The maximum atomic E-state index is 13.6. The zero-order chi connectivity index (χ0) is 23.4. The Labute approximate surface area is 200 Å². The Hall–Kier alpha value is -2.59. The molecule has 1 saturated heterocycles. The highest BCUT2D eigenvalue weighted by Gasteiger charge is 2.25. The van der Waals surface area contributed by atoms with E-state index in [1.165, 1.54) is 35.1 Å². The number of nitro groups is 1. The van der Waals surface area contributed by atoms with Gasteiger partial charge >= 0.3 is 0 Å². The van der Waals surface area contributed by atoms with Gasteiger partial charge in [-0.15, -0.1) is 0 Å². The number of amides is 1. The quantitative estimate of drug-likeness (QED) is 0.334. The summed E-state index contributed by atoms with van der Waals surface area (Å²) in [5, 5.41) is 12.0. The first-order chi connectivity index (χ1) is 16.0. The van der Waals surface area contributed by atoms with Crippen LogP contribution in [0.1, 0.15) is 29.3 Å². The van der Waals surface area contributed by atoms with Crippen molar-refractivity contribution in [1.29, 1.82) is 0 Å². The molecule has 10 heteroatoms.